The number of amides is 1. The molecule has 0 spiro atoms. The van der Waals surface area contributed by atoms with Crippen molar-refractivity contribution >= 4 is 46.0 Å². The van der Waals surface area contributed by atoms with Crippen LogP contribution in [0.25, 0.3) is 0 Å². The van der Waals surface area contributed by atoms with Gasteiger partial charge in [0.25, 0.3) is 0 Å². The Morgan fingerprint density at radius 1 is 1.23 bits per heavy atom. The van der Waals surface area contributed by atoms with Crippen LogP contribution in [-0.4, -0.2) is 44.4 Å². The largest absolute Gasteiger partial charge is 0.442 e. The molecular weight excluding hydrogens is 407 g/mol. The number of thiocarbonyl (C=S) groups is 1. The van der Waals surface area contributed by atoms with Gasteiger partial charge in [0.15, 0.2) is 0 Å². The molecule has 30 heavy (non-hydrogen) atoms. The summed E-state index contributed by atoms with van der Waals surface area (Å²) in [6.45, 7) is 2.42. The minimum atomic E-state index is -0.588. The van der Waals surface area contributed by atoms with E-state index in [4.69, 9.17) is 17.0 Å². The van der Waals surface area contributed by atoms with Gasteiger partial charge in [-0.05, 0) is 37.3 Å². The SMILES string of the molecule is CC(=S)NC[C@H]1CN(c2ccc(Nc3cccc(N(C)C)cc3=O)c(F)c2)C(=O)O1. The lowest BCUT2D eigenvalue weighted by Gasteiger charge is -2.15. The number of carbonyl (C=O) groups excluding carboxylic acids is 1. The second-order valence-corrected chi connectivity index (χ2v) is 7.72. The Bertz CT molecular complexity index is 1030. The number of halogens is 1. The number of cyclic esters (lactones) is 1. The second kappa shape index (κ2) is 9.08. The normalized spacial score (nSPS) is 15.5. The zero-order valence-corrected chi connectivity index (χ0v) is 17.8. The van der Waals surface area contributed by atoms with Gasteiger partial charge in [-0.2, -0.15) is 0 Å². The Hall–Kier alpha value is -3.20. The van der Waals surface area contributed by atoms with Gasteiger partial charge in [-0.15, -0.1) is 0 Å². The lowest BCUT2D eigenvalue weighted by Crippen LogP contribution is -2.32. The fourth-order valence-electron chi connectivity index (χ4n) is 2.98. The molecule has 9 heteroatoms. The van der Waals surface area contributed by atoms with Gasteiger partial charge >= 0.3 is 6.09 Å². The summed E-state index contributed by atoms with van der Waals surface area (Å²) in [5.74, 6) is -0.588. The maximum absolute atomic E-state index is 14.7. The van der Waals surface area contributed by atoms with Crippen molar-refractivity contribution in [2.45, 2.75) is 13.0 Å². The van der Waals surface area contributed by atoms with Crippen LogP contribution in [0.3, 0.4) is 0 Å². The van der Waals surface area contributed by atoms with Crippen molar-refractivity contribution in [1.29, 1.82) is 0 Å². The lowest BCUT2D eigenvalue weighted by atomic mass is 10.2. The number of carbonyl (C=O) groups is 1. The number of anilines is 4. The molecule has 1 aliphatic heterocycles. The average molecular weight is 431 g/mol. The van der Waals surface area contributed by atoms with E-state index < -0.39 is 11.9 Å². The van der Waals surface area contributed by atoms with E-state index in [0.29, 0.717) is 17.2 Å². The van der Waals surface area contributed by atoms with E-state index in [1.807, 2.05) is 19.0 Å². The van der Waals surface area contributed by atoms with Crippen LogP contribution >= 0.6 is 12.2 Å². The predicted octanol–water partition coefficient (Wildman–Crippen LogP) is 3.26. The van der Waals surface area contributed by atoms with Crippen LogP contribution in [-0.2, 0) is 4.74 Å². The summed E-state index contributed by atoms with van der Waals surface area (Å²) < 4.78 is 20.0. The molecule has 2 aromatic rings. The molecule has 0 aliphatic carbocycles. The van der Waals surface area contributed by atoms with Crippen LogP contribution in [0.5, 0.6) is 0 Å². The van der Waals surface area contributed by atoms with E-state index in [1.54, 1.807) is 31.2 Å². The molecule has 1 fully saturated rings. The molecule has 1 heterocycles. The van der Waals surface area contributed by atoms with Gasteiger partial charge in [0.2, 0.25) is 5.43 Å². The number of rotatable bonds is 6. The van der Waals surface area contributed by atoms with Gasteiger partial charge in [-0.1, -0.05) is 18.3 Å². The first-order valence-electron chi connectivity index (χ1n) is 9.35. The molecule has 1 aliphatic rings. The molecule has 1 atom stereocenters. The van der Waals surface area contributed by atoms with Gasteiger partial charge in [-0.3, -0.25) is 9.69 Å². The lowest BCUT2D eigenvalue weighted by molar-refractivity contribution is 0.143. The fourth-order valence-corrected chi connectivity index (χ4v) is 3.06. The van der Waals surface area contributed by atoms with Crippen LogP contribution in [0.2, 0.25) is 0 Å². The van der Waals surface area contributed by atoms with E-state index in [-0.39, 0.29) is 29.5 Å². The van der Waals surface area contributed by atoms with E-state index in [2.05, 4.69) is 10.6 Å². The summed E-state index contributed by atoms with van der Waals surface area (Å²) in [6.07, 6.45) is -0.924. The first kappa shape index (κ1) is 21.5. The molecular formula is C21H23FN4O3S. The number of nitrogens with one attached hydrogen (secondary N) is 2. The van der Waals surface area contributed by atoms with Crippen LogP contribution in [0.4, 0.5) is 31.9 Å². The summed E-state index contributed by atoms with van der Waals surface area (Å²) in [5.41, 5.74) is 1.23. The van der Waals surface area contributed by atoms with Crippen molar-refractivity contribution in [3.63, 3.8) is 0 Å². The molecule has 7 nitrogen and oxygen atoms in total. The molecule has 1 amide bonds. The molecule has 158 valence electrons. The molecule has 3 rings (SSSR count). The quantitative estimate of drug-likeness (QED) is 0.682. The predicted molar refractivity (Wildman–Crippen MR) is 121 cm³/mol. The van der Waals surface area contributed by atoms with Crippen LogP contribution in [0.15, 0.2) is 47.3 Å². The molecule has 1 saturated heterocycles. The Labute approximate surface area is 179 Å². The van der Waals surface area contributed by atoms with Crippen molar-refractivity contribution < 1.29 is 13.9 Å². The average Bonchev–Trinajstić information content (AvgIpc) is 2.95. The monoisotopic (exact) mass is 430 g/mol. The van der Waals surface area contributed by atoms with E-state index in [9.17, 15) is 14.0 Å². The van der Waals surface area contributed by atoms with E-state index in [0.717, 1.165) is 5.69 Å². The first-order chi connectivity index (χ1) is 14.2. The minimum Gasteiger partial charge on any atom is -0.442 e. The van der Waals surface area contributed by atoms with Gasteiger partial charge < -0.3 is 20.3 Å². The molecule has 2 aromatic carbocycles. The molecule has 0 unspecified atom stereocenters. The van der Waals surface area contributed by atoms with Crippen molar-refractivity contribution in [3.8, 4) is 0 Å². The van der Waals surface area contributed by atoms with Gasteiger partial charge in [0, 0.05) is 25.8 Å². The van der Waals surface area contributed by atoms with Crippen LogP contribution in [0.1, 0.15) is 6.92 Å². The summed E-state index contributed by atoms with van der Waals surface area (Å²) in [7, 11) is 3.67. The maximum Gasteiger partial charge on any atom is 0.414 e. The fraction of sp³-hybridized carbons (Fsp3) is 0.286. The molecule has 0 saturated carbocycles. The highest BCUT2D eigenvalue weighted by molar-refractivity contribution is 7.80. The number of nitrogens with zero attached hydrogens (tertiary/aromatic N) is 2. The topological polar surface area (TPSA) is 73.9 Å². The Morgan fingerprint density at radius 3 is 2.67 bits per heavy atom. The number of benzene rings is 1. The third-order valence-corrected chi connectivity index (χ3v) is 4.72. The molecule has 0 radical (unpaired) electrons. The number of hydrogen-bond acceptors (Lipinski definition) is 6. The Balaban J connectivity index is 1.77. The highest BCUT2D eigenvalue weighted by atomic mass is 32.1. The number of hydrogen-bond donors (Lipinski definition) is 2. The highest BCUT2D eigenvalue weighted by Crippen LogP contribution is 2.27. The van der Waals surface area contributed by atoms with Crippen LogP contribution < -0.4 is 25.9 Å². The minimum absolute atomic E-state index is 0.135. The summed E-state index contributed by atoms with van der Waals surface area (Å²) in [6, 6.07) is 10.9. The smallest absolute Gasteiger partial charge is 0.414 e. The van der Waals surface area contributed by atoms with Gasteiger partial charge in [-0.25, -0.2) is 9.18 Å². The zero-order chi connectivity index (χ0) is 21.8. The summed E-state index contributed by atoms with van der Waals surface area (Å²) in [4.78, 5) is 28.4. The van der Waals surface area contributed by atoms with Gasteiger partial charge in [0.1, 0.15) is 11.9 Å². The first-order valence-corrected chi connectivity index (χ1v) is 9.76. The molecule has 0 aromatic heterocycles. The van der Waals surface area contributed by atoms with Gasteiger partial charge in [0.05, 0.1) is 35.1 Å². The molecule has 2 N–H and O–H groups in total. The third kappa shape index (κ3) is 5.04. The third-order valence-electron chi connectivity index (χ3n) is 4.58. The van der Waals surface area contributed by atoms with Crippen LogP contribution in [0, 0.1) is 5.82 Å². The highest BCUT2D eigenvalue weighted by Gasteiger charge is 2.32. The Kier molecular flexibility index (Phi) is 6.51. The molecule has 0 bridgehead atoms. The summed E-state index contributed by atoms with van der Waals surface area (Å²) in [5, 5.41) is 5.79. The van der Waals surface area contributed by atoms with Crippen molar-refractivity contribution in [2.75, 3.05) is 42.3 Å². The summed E-state index contributed by atoms with van der Waals surface area (Å²) >= 11 is 4.96. The van der Waals surface area contributed by atoms with Crippen molar-refractivity contribution in [3.05, 3.63) is 58.5 Å². The van der Waals surface area contributed by atoms with Crippen molar-refractivity contribution in [1.82, 2.24) is 5.32 Å². The number of ether oxygens (including phenoxy) is 1. The Morgan fingerprint density at radius 2 is 2.00 bits per heavy atom. The standard InChI is InChI=1S/C21H23FN4O3S/c1-13(30)23-11-16-12-26(21(28)29-16)15-7-8-18(17(22)9-15)24-19-6-4-5-14(25(2)3)10-20(19)27/h4-10,16H,11-12H2,1-3H3,(H,23,30)(H,24,27)/t16-/m0/s1. The van der Waals surface area contributed by atoms with E-state index in [1.165, 1.54) is 23.1 Å². The van der Waals surface area contributed by atoms with Crippen molar-refractivity contribution in [2.24, 2.45) is 0 Å². The van der Waals surface area contributed by atoms with E-state index >= 15 is 0 Å². The zero-order valence-electron chi connectivity index (χ0n) is 16.9. The second-order valence-electron chi connectivity index (χ2n) is 7.11. The maximum atomic E-state index is 14.7.